The molecule has 2 aromatic heterocycles. The van der Waals surface area contributed by atoms with E-state index in [1.165, 1.54) is 44.5 Å². The van der Waals surface area contributed by atoms with E-state index >= 15 is 0 Å². The van der Waals surface area contributed by atoms with Gasteiger partial charge in [-0.1, -0.05) is 146 Å². The number of rotatable bonds is 4. The second kappa shape index (κ2) is 10.8. The molecule has 2 heterocycles. The normalized spacial score (nSPS) is 13.1. The van der Waals surface area contributed by atoms with Crippen LogP contribution in [0.5, 0.6) is 0 Å². The summed E-state index contributed by atoms with van der Waals surface area (Å²) in [7, 11) is 0. The Morgan fingerprint density at radius 3 is 1.47 bits per heavy atom. The molecule has 1 spiro atoms. The van der Waals surface area contributed by atoms with Crippen LogP contribution < -0.4 is 0 Å². The lowest BCUT2D eigenvalue weighted by atomic mass is 9.70. The molecule has 0 saturated carbocycles. The number of pyridine rings is 1. The molecule has 49 heavy (non-hydrogen) atoms. The third-order valence-corrected chi connectivity index (χ3v) is 10.2. The summed E-state index contributed by atoms with van der Waals surface area (Å²) >= 11 is 0. The van der Waals surface area contributed by atoms with E-state index < -0.39 is 5.41 Å². The van der Waals surface area contributed by atoms with Gasteiger partial charge >= 0.3 is 0 Å². The summed E-state index contributed by atoms with van der Waals surface area (Å²) in [6.07, 6.45) is 3.69. The lowest BCUT2D eigenvalue weighted by Crippen LogP contribution is -2.25. The summed E-state index contributed by atoms with van der Waals surface area (Å²) in [5, 5.41) is 0. The number of hydrogen-bond acceptors (Lipinski definition) is 3. The predicted molar refractivity (Wildman–Crippen MR) is 198 cm³/mol. The first-order valence-corrected chi connectivity index (χ1v) is 16.7. The van der Waals surface area contributed by atoms with Gasteiger partial charge in [-0.3, -0.25) is 4.98 Å². The van der Waals surface area contributed by atoms with Crippen LogP contribution in [0.3, 0.4) is 0 Å². The van der Waals surface area contributed by atoms with Gasteiger partial charge in [-0.25, -0.2) is 9.97 Å². The number of fused-ring (bicyclic) bond motifs is 10. The molecule has 0 fully saturated rings. The van der Waals surface area contributed by atoms with Gasteiger partial charge in [-0.2, -0.15) is 0 Å². The molecule has 0 aliphatic heterocycles. The van der Waals surface area contributed by atoms with Crippen molar-refractivity contribution in [2.45, 2.75) is 5.41 Å². The fraction of sp³-hybridized carbons (Fsp3) is 0.0217. The lowest BCUT2D eigenvalue weighted by molar-refractivity contribution is 0.794. The third-order valence-electron chi connectivity index (χ3n) is 10.2. The van der Waals surface area contributed by atoms with Crippen LogP contribution in [-0.2, 0) is 5.41 Å². The zero-order valence-corrected chi connectivity index (χ0v) is 26.6. The molecule has 0 bridgehead atoms. The quantitative estimate of drug-likeness (QED) is 0.196. The van der Waals surface area contributed by atoms with Crippen LogP contribution in [0.1, 0.15) is 22.3 Å². The van der Waals surface area contributed by atoms with Gasteiger partial charge in [0.25, 0.3) is 0 Å². The van der Waals surface area contributed by atoms with Gasteiger partial charge in [-0.15, -0.1) is 0 Å². The average Bonchev–Trinajstić information content (AvgIpc) is 3.66. The van der Waals surface area contributed by atoms with Crippen molar-refractivity contribution in [3.8, 4) is 67.3 Å². The fourth-order valence-electron chi connectivity index (χ4n) is 8.08. The van der Waals surface area contributed by atoms with Crippen molar-refractivity contribution in [3.63, 3.8) is 0 Å². The van der Waals surface area contributed by atoms with Crippen LogP contribution in [0.2, 0.25) is 0 Å². The van der Waals surface area contributed by atoms with Gasteiger partial charge in [-0.05, 0) is 73.8 Å². The second-order valence-corrected chi connectivity index (χ2v) is 12.8. The molecule has 0 amide bonds. The van der Waals surface area contributed by atoms with E-state index in [1.54, 1.807) is 6.20 Å². The number of nitrogens with zero attached hydrogens (tertiary/aromatic N) is 3. The van der Waals surface area contributed by atoms with Gasteiger partial charge < -0.3 is 0 Å². The first-order chi connectivity index (χ1) is 24.3. The Morgan fingerprint density at radius 1 is 0.347 bits per heavy atom. The first-order valence-electron chi connectivity index (χ1n) is 16.7. The van der Waals surface area contributed by atoms with Crippen molar-refractivity contribution in [2.75, 3.05) is 0 Å². The van der Waals surface area contributed by atoms with Crippen molar-refractivity contribution < 1.29 is 0 Å². The standard InChI is InChI=1S/C46H29N3/c1-2-11-32(12-3-1)45-48-43(31-22-20-30(21-23-31)34-13-10-26-47-29-34)28-44(49-45)33-24-25-38-37-16-6-9-19-41(37)46(42(38)27-33)39-17-7-4-14-35(39)36-15-5-8-18-40(36)46/h1-29H. The van der Waals surface area contributed by atoms with Gasteiger partial charge in [0.15, 0.2) is 5.82 Å². The van der Waals surface area contributed by atoms with E-state index in [0.29, 0.717) is 5.82 Å². The number of aromatic nitrogens is 3. The predicted octanol–water partition coefficient (Wildman–Crippen LogP) is 10.9. The summed E-state index contributed by atoms with van der Waals surface area (Å²) < 4.78 is 0. The Balaban J connectivity index is 1.18. The minimum Gasteiger partial charge on any atom is -0.264 e. The summed E-state index contributed by atoms with van der Waals surface area (Å²) in [6, 6.07) is 58.7. The van der Waals surface area contributed by atoms with Crippen LogP contribution in [-0.4, -0.2) is 15.0 Å². The summed E-state index contributed by atoms with van der Waals surface area (Å²) in [6.45, 7) is 0. The molecule has 2 aliphatic rings. The summed E-state index contributed by atoms with van der Waals surface area (Å²) in [4.78, 5) is 14.6. The van der Waals surface area contributed by atoms with Crippen molar-refractivity contribution in [3.05, 3.63) is 198 Å². The highest BCUT2D eigenvalue weighted by Gasteiger charge is 2.51. The molecule has 0 unspecified atom stereocenters. The van der Waals surface area contributed by atoms with E-state index in [0.717, 1.165) is 39.2 Å². The van der Waals surface area contributed by atoms with E-state index in [-0.39, 0.29) is 0 Å². The van der Waals surface area contributed by atoms with Gasteiger partial charge in [0.2, 0.25) is 0 Å². The van der Waals surface area contributed by atoms with Gasteiger partial charge in [0.05, 0.1) is 16.8 Å². The highest BCUT2D eigenvalue weighted by atomic mass is 14.9. The Labute approximate surface area is 285 Å². The molecule has 10 rings (SSSR count). The lowest BCUT2D eigenvalue weighted by Gasteiger charge is -2.30. The Bertz CT molecular complexity index is 2470. The van der Waals surface area contributed by atoms with Crippen LogP contribution in [0.4, 0.5) is 0 Å². The third kappa shape index (κ3) is 4.12. The number of benzene rings is 6. The Hall–Kier alpha value is -6.45. The van der Waals surface area contributed by atoms with Crippen LogP contribution in [0.25, 0.3) is 67.3 Å². The zero-order chi connectivity index (χ0) is 32.4. The summed E-state index contributed by atoms with van der Waals surface area (Å²) in [5.41, 5.74) is 17.1. The largest absolute Gasteiger partial charge is 0.264 e. The molecule has 2 aliphatic carbocycles. The maximum Gasteiger partial charge on any atom is 0.160 e. The molecule has 0 atom stereocenters. The molecular formula is C46H29N3. The highest BCUT2D eigenvalue weighted by Crippen LogP contribution is 2.63. The second-order valence-electron chi connectivity index (χ2n) is 12.8. The topological polar surface area (TPSA) is 38.7 Å². The monoisotopic (exact) mass is 623 g/mol. The molecule has 8 aromatic rings. The van der Waals surface area contributed by atoms with E-state index in [1.807, 2.05) is 30.5 Å². The molecule has 0 radical (unpaired) electrons. The van der Waals surface area contributed by atoms with Crippen molar-refractivity contribution in [1.29, 1.82) is 0 Å². The van der Waals surface area contributed by atoms with Crippen molar-refractivity contribution in [2.24, 2.45) is 0 Å². The number of hydrogen-bond donors (Lipinski definition) is 0. The van der Waals surface area contributed by atoms with E-state index in [9.17, 15) is 0 Å². The Morgan fingerprint density at radius 2 is 0.857 bits per heavy atom. The van der Waals surface area contributed by atoms with Gasteiger partial charge in [0.1, 0.15) is 0 Å². The average molecular weight is 624 g/mol. The van der Waals surface area contributed by atoms with E-state index in [2.05, 4.69) is 145 Å². The maximum absolute atomic E-state index is 5.22. The molecular weight excluding hydrogens is 595 g/mol. The minimum atomic E-state index is -0.407. The maximum atomic E-state index is 5.22. The molecule has 228 valence electrons. The first kappa shape index (κ1) is 27.6. The van der Waals surface area contributed by atoms with Crippen molar-refractivity contribution in [1.82, 2.24) is 15.0 Å². The SMILES string of the molecule is c1ccc(-c2nc(-c3ccc(-c4cccnc4)cc3)cc(-c3ccc4c(c3)C3(c5ccccc5-c5ccccc53)c3ccccc3-4)n2)cc1. The zero-order valence-electron chi connectivity index (χ0n) is 26.6. The fourth-order valence-corrected chi connectivity index (χ4v) is 8.08. The highest BCUT2D eigenvalue weighted by molar-refractivity contribution is 5.96. The molecule has 0 saturated heterocycles. The Kier molecular flexibility index (Phi) is 6.09. The molecule has 6 aromatic carbocycles. The van der Waals surface area contributed by atoms with Crippen LogP contribution in [0, 0.1) is 0 Å². The molecule has 0 N–H and O–H groups in total. The van der Waals surface area contributed by atoms with Crippen molar-refractivity contribution >= 4 is 0 Å². The van der Waals surface area contributed by atoms with Crippen LogP contribution in [0.15, 0.2) is 176 Å². The van der Waals surface area contributed by atoms with Crippen LogP contribution >= 0.6 is 0 Å². The molecule has 3 heteroatoms. The van der Waals surface area contributed by atoms with E-state index in [4.69, 9.17) is 9.97 Å². The molecule has 3 nitrogen and oxygen atoms in total. The minimum absolute atomic E-state index is 0.407. The smallest absolute Gasteiger partial charge is 0.160 e. The summed E-state index contributed by atoms with van der Waals surface area (Å²) in [5.74, 6) is 0.708. The van der Waals surface area contributed by atoms with Gasteiger partial charge in [0, 0.05) is 29.1 Å².